The Kier molecular flexibility index (Phi) is 7.03. The standard InChI is InChI=1S/C17H23NO5/c19-16(8-10-22-12-14-7-4-9-23-14)18-15(17(20)21)11-13-5-2-1-3-6-13/h1-3,5-6,14-15H,4,7-12H2,(H,18,19)(H,20,21)/t14?,15-/m0/s1. The fraction of sp³-hybridized carbons (Fsp3) is 0.529. The molecule has 6 nitrogen and oxygen atoms in total. The molecule has 1 unspecified atom stereocenters. The van der Waals surface area contributed by atoms with Crippen LogP contribution in [0.5, 0.6) is 0 Å². The number of hydrogen-bond donors (Lipinski definition) is 2. The first kappa shape index (κ1) is 17.4. The number of ether oxygens (including phenoxy) is 2. The van der Waals surface area contributed by atoms with E-state index in [4.69, 9.17) is 9.47 Å². The van der Waals surface area contributed by atoms with Gasteiger partial charge >= 0.3 is 5.97 Å². The van der Waals surface area contributed by atoms with Crippen molar-refractivity contribution in [2.75, 3.05) is 19.8 Å². The SMILES string of the molecule is O=C(CCOCC1CCCO1)N[C@@H](Cc1ccccc1)C(=O)O. The summed E-state index contributed by atoms with van der Waals surface area (Å²) in [7, 11) is 0. The molecule has 23 heavy (non-hydrogen) atoms. The molecule has 1 amide bonds. The van der Waals surface area contributed by atoms with Crippen molar-refractivity contribution in [3.05, 3.63) is 35.9 Å². The zero-order valence-corrected chi connectivity index (χ0v) is 13.1. The second-order valence-electron chi connectivity index (χ2n) is 5.61. The molecule has 6 heteroatoms. The quantitative estimate of drug-likeness (QED) is 0.671. The van der Waals surface area contributed by atoms with Crippen LogP contribution in [0.2, 0.25) is 0 Å². The molecule has 0 aromatic heterocycles. The summed E-state index contributed by atoms with van der Waals surface area (Å²) in [6.45, 7) is 1.53. The zero-order valence-electron chi connectivity index (χ0n) is 13.1. The summed E-state index contributed by atoms with van der Waals surface area (Å²) in [4.78, 5) is 23.1. The lowest BCUT2D eigenvalue weighted by molar-refractivity contribution is -0.142. The number of hydrogen-bond acceptors (Lipinski definition) is 4. The summed E-state index contributed by atoms with van der Waals surface area (Å²) in [5.41, 5.74) is 0.870. The van der Waals surface area contributed by atoms with E-state index >= 15 is 0 Å². The summed E-state index contributed by atoms with van der Waals surface area (Å²) in [5.74, 6) is -1.36. The van der Waals surface area contributed by atoms with Crippen molar-refractivity contribution in [3.63, 3.8) is 0 Å². The highest BCUT2D eigenvalue weighted by Crippen LogP contribution is 2.12. The van der Waals surface area contributed by atoms with Gasteiger partial charge in [0.1, 0.15) is 6.04 Å². The molecular weight excluding hydrogens is 298 g/mol. The Balaban J connectivity index is 1.69. The van der Waals surface area contributed by atoms with Crippen LogP contribution >= 0.6 is 0 Å². The van der Waals surface area contributed by atoms with Crippen LogP contribution in [0, 0.1) is 0 Å². The third-order valence-electron chi connectivity index (χ3n) is 3.72. The predicted molar refractivity (Wildman–Crippen MR) is 84.1 cm³/mol. The largest absolute Gasteiger partial charge is 0.480 e. The highest BCUT2D eigenvalue weighted by atomic mass is 16.5. The maximum absolute atomic E-state index is 11.9. The highest BCUT2D eigenvalue weighted by molar-refractivity contribution is 5.83. The van der Waals surface area contributed by atoms with Gasteiger partial charge in [0.25, 0.3) is 0 Å². The number of aliphatic carboxylic acids is 1. The summed E-state index contributed by atoms with van der Waals surface area (Å²) in [6, 6.07) is 8.30. The smallest absolute Gasteiger partial charge is 0.326 e. The van der Waals surface area contributed by atoms with Gasteiger partial charge in [-0.2, -0.15) is 0 Å². The lowest BCUT2D eigenvalue weighted by Gasteiger charge is -2.15. The summed E-state index contributed by atoms with van der Waals surface area (Å²) >= 11 is 0. The Morgan fingerprint density at radius 1 is 1.35 bits per heavy atom. The number of rotatable bonds is 9. The van der Waals surface area contributed by atoms with Crippen LogP contribution in [0.15, 0.2) is 30.3 Å². The summed E-state index contributed by atoms with van der Waals surface area (Å²) < 4.78 is 10.8. The minimum absolute atomic E-state index is 0.128. The number of carbonyl (C=O) groups is 2. The summed E-state index contributed by atoms with van der Waals surface area (Å²) in [6.07, 6.45) is 2.57. The molecular formula is C17H23NO5. The van der Waals surface area contributed by atoms with E-state index in [1.54, 1.807) is 0 Å². The summed E-state index contributed by atoms with van der Waals surface area (Å²) in [5, 5.41) is 11.8. The highest BCUT2D eigenvalue weighted by Gasteiger charge is 2.20. The van der Waals surface area contributed by atoms with Gasteiger partial charge in [-0.15, -0.1) is 0 Å². The molecule has 1 aromatic rings. The van der Waals surface area contributed by atoms with Gasteiger partial charge < -0.3 is 19.9 Å². The van der Waals surface area contributed by atoms with Crippen molar-refractivity contribution in [2.24, 2.45) is 0 Å². The number of carboxylic acid groups (broad SMARTS) is 1. The van der Waals surface area contributed by atoms with Crippen LogP contribution in [0.4, 0.5) is 0 Å². The van der Waals surface area contributed by atoms with E-state index in [1.165, 1.54) is 0 Å². The second kappa shape index (κ2) is 9.27. The Hall–Kier alpha value is -1.92. The molecule has 2 N–H and O–H groups in total. The molecule has 1 aromatic carbocycles. The van der Waals surface area contributed by atoms with Gasteiger partial charge in [0, 0.05) is 19.4 Å². The first-order valence-electron chi connectivity index (χ1n) is 7.90. The Labute approximate surface area is 135 Å². The van der Waals surface area contributed by atoms with E-state index in [1.807, 2.05) is 30.3 Å². The molecule has 0 aliphatic carbocycles. The molecule has 126 valence electrons. The average molecular weight is 321 g/mol. The van der Waals surface area contributed by atoms with Gasteiger partial charge in [0.2, 0.25) is 5.91 Å². The van der Waals surface area contributed by atoms with E-state index in [0.717, 1.165) is 25.0 Å². The molecule has 1 fully saturated rings. The Bertz CT molecular complexity index is 499. The van der Waals surface area contributed by atoms with Gasteiger partial charge in [-0.25, -0.2) is 4.79 Å². The van der Waals surface area contributed by atoms with Crippen molar-refractivity contribution in [3.8, 4) is 0 Å². The fourth-order valence-electron chi connectivity index (χ4n) is 2.47. The van der Waals surface area contributed by atoms with Crippen LogP contribution in [0.1, 0.15) is 24.8 Å². The zero-order chi connectivity index (χ0) is 16.5. The van der Waals surface area contributed by atoms with E-state index in [0.29, 0.717) is 6.61 Å². The Morgan fingerprint density at radius 2 is 2.13 bits per heavy atom. The monoisotopic (exact) mass is 321 g/mol. The lowest BCUT2D eigenvalue weighted by atomic mass is 10.1. The van der Waals surface area contributed by atoms with Gasteiger partial charge in [-0.05, 0) is 18.4 Å². The number of nitrogens with one attached hydrogen (secondary N) is 1. The molecule has 1 aliphatic rings. The third-order valence-corrected chi connectivity index (χ3v) is 3.72. The normalized spacial score (nSPS) is 18.5. The number of carboxylic acids is 1. The van der Waals surface area contributed by atoms with Crippen LogP contribution in [0.25, 0.3) is 0 Å². The van der Waals surface area contributed by atoms with E-state index < -0.39 is 12.0 Å². The van der Waals surface area contributed by atoms with Gasteiger partial charge in [0.05, 0.1) is 19.3 Å². The van der Waals surface area contributed by atoms with E-state index in [-0.39, 0.29) is 31.5 Å². The van der Waals surface area contributed by atoms with Crippen LogP contribution in [-0.4, -0.2) is 48.9 Å². The topological polar surface area (TPSA) is 84.9 Å². The Morgan fingerprint density at radius 3 is 2.78 bits per heavy atom. The van der Waals surface area contributed by atoms with Gasteiger partial charge in [-0.3, -0.25) is 4.79 Å². The van der Waals surface area contributed by atoms with Crippen molar-refractivity contribution in [2.45, 2.75) is 37.8 Å². The minimum atomic E-state index is -1.04. The predicted octanol–water partition coefficient (Wildman–Crippen LogP) is 1.38. The first-order chi connectivity index (χ1) is 11.1. The van der Waals surface area contributed by atoms with Gasteiger partial charge in [-0.1, -0.05) is 30.3 Å². The first-order valence-corrected chi connectivity index (χ1v) is 7.90. The molecule has 1 aliphatic heterocycles. The minimum Gasteiger partial charge on any atom is -0.480 e. The molecule has 0 radical (unpaired) electrons. The number of benzene rings is 1. The van der Waals surface area contributed by atoms with E-state index in [2.05, 4.69) is 5.32 Å². The van der Waals surface area contributed by atoms with Crippen molar-refractivity contribution in [1.29, 1.82) is 0 Å². The van der Waals surface area contributed by atoms with Crippen LogP contribution in [0.3, 0.4) is 0 Å². The number of carbonyl (C=O) groups excluding carboxylic acids is 1. The van der Waals surface area contributed by atoms with E-state index in [9.17, 15) is 14.7 Å². The van der Waals surface area contributed by atoms with Crippen molar-refractivity contribution in [1.82, 2.24) is 5.32 Å². The van der Waals surface area contributed by atoms with Gasteiger partial charge in [0.15, 0.2) is 0 Å². The third kappa shape index (κ3) is 6.38. The van der Waals surface area contributed by atoms with Crippen LogP contribution < -0.4 is 5.32 Å². The molecule has 2 atom stereocenters. The molecule has 0 spiro atoms. The maximum Gasteiger partial charge on any atom is 0.326 e. The van der Waals surface area contributed by atoms with Crippen molar-refractivity contribution < 1.29 is 24.2 Å². The lowest BCUT2D eigenvalue weighted by Crippen LogP contribution is -2.42. The molecule has 0 bridgehead atoms. The molecule has 1 saturated heterocycles. The average Bonchev–Trinajstić information content (AvgIpc) is 3.05. The van der Waals surface area contributed by atoms with Crippen molar-refractivity contribution >= 4 is 11.9 Å². The molecule has 2 rings (SSSR count). The number of amides is 1. The second-order valence-corrected chi connectivity index (χ2v) is 5.61. The maximum atomic E-state index is 11.9. The molecule has 0 saturated carbocycles. The fourth-order valence-corrected chi connectivity index (χ4v) is 2.47. The molecule has 1 heterocycles. The van der Waals surface area contributed by atoms with Crippen LogP contribution in [-0.2, 0) is 25.5 Å².